The van der Waals surface area contributed by atoms with Crippen molar-refractivity contribution in [3.05, 3.63) is 28.2 Å². The van der Waals surface area contributed by atoms with E-state index in [2.05, 4.69) is 34.7 Å². The molecule has 0 saturated carbocycles. The standard InChI is InChI=1S/C15H21BrN2O2/c1-11(2)10-17-5-7-18(8-6-17)15(20)12-3-4-13(16)14(19)9-12/h3-4,9,11,19H,5-8,10H2,1-2H3. The highest BCUT2D eigenvalue weighted by Crippen LogP contribution is 2.25. The summed E-state index contributed by atoms with van der Waals surface area (Å²) in [5.74, 6) is 0.756. The molecule has 4 nitrogen and oxygen atoms in total. The molecule has 1 fully saturated rings. The van der Waals surface area contributed by atoms with Crippen LogP contribution in [-0.4, -0.2) is 53.5 Å². The Bertz CT molecular complexity index is 483. The van der Waals surface area contributed by atoms with Crippen molar-refractivity contribution < 1.29 is 9.90 Å². The minimum atomic E-state index is -0.00278. The Morgan fingerprint density at radius 2 is 1.95 bits per heavy atom. The van der Waals surface area contributed by atoms with E-state index in [0.717, 1.165) is 32.7 Å². The SMILES string of the molecule is CC(C)CN1CCN(C(=O)c2ccc(Br)c(O)c2)CC1. The Morgan fingerprint density at radius 1 is 1.30 bits per heavy atom. The molecule has 0 unspecified atom stereocenters. The molecule has 1 heterocycles. The first kappa shape index (κ1) is 15.3. The molecule has 0 radical (unpaired) electrons. The maximum atomic E-state index is 12.4. The van der Waals surface area contributed by atoms with Crippen LogP contribution in [0.25, 0.3) is 0 Å². The Balaban J connectivity index is 1.96. The number of hydrogen-bond acceptors (Lipinski definition) is 3. The molecular formula is C15H21BrN2O2. The molecule has 1 amide bonds. The zero-order valence-corrected chi connectivity index (χ0v) is 13.6. The van der Waals surface area contributed by atoms with Gasteiger partial charge in [0.1, 0.15) is 5.75 Å². The van der Waals surface area contributed by atoms with E-state index in [1.54, 1.807) is 12.1 Å². The van der Waals surface area contributed by atoms with E-state index in [1.165, 1.54) is 6.07 Å². The van der Waals surface area contributed by atoms with Crippen LogP contribution in [0.15, 0.2) is 22.7 Å². The average Bonchev–Trinajstić information content (AvgIpc) is 2.41. The molecular weight excluding hydrogens is 320 g/mol. The summed E-state index contributed by atoms with van der Waals surface area (Å²) in [7, 11) is 0. The fourth-order valence-corrected chi connectivity index (χ4v) is 2.72. The maximum Gasteiger partial charge on any atom is 0.254 e. The van der Waals surface area contributed by atoms with Crippen molar-refractivity contribution in [1.29, 1.82) is 0 Å². The van der Waals surface area contributed by atoms with Gasteiger partial charge in [0.05, 0.1) is 4.47 Å². The molecule has 1 saturated heterocycles. The molecule has 20 heavy (non-hydrogen) atoms. The lowest BCUT2D eigenvalue weighted by Crippen LogP contribution is -2.49. The number of benzene rings is 1. The number of halogens is 1. The number of aromatic hydroxyl groups is 1. The summed E-state index contributed by atoms with van der Waals surface area (Å²) in [5.41, 5.74) is 0.544. The van der Waals surface area contributed by atoms with Gasteiger partial charge in [-0.15, -0.1) is 0 Å². The van der Waals surface area contributed by atoms with Gasteiger partial charge in [-0.05, 0) is 40.0 Å². The van der Waals surface area contributed by atoms with Gasteiger partial charge >= 0.3 is 0 Å². The lowest BCUT2D eigenvalue weighted by molar-refractivity contribution is 0.0623. The van der Waals surface area contributed by atoms with E-state index < -0.39 is 0 Å². The van der Waals surface area contributed by atoms with Crippen LogP contribution in [0.4, 0.5) is 0 Å². The summed E-state index contributed by atoms with van der Waals surface area (Å²) >= 11 is 3.22. The van der Waals surface area contributed by atoms with Gasteiger partial charge < -0.3 is 10.0 Å². The first-order valence-corrected chi connectivity index (χ1v) is 7.77. The average molecular weight is 341 g/mol. The zero-order valence-electron chi connectivity index (χ0n) is 12.0. The van der Waals surface area contributed by atoms with Crippen molar-refractivity contribution in [3.8, 4) is 5.75 Å². The highest BCUT2D eigenvalue weighted by Gasteiger charge is 2.22. The lowest BCUT2D eigenvalue weighted by atomic mass is 10.1. The third-order valence-electron chi connectivity index (χ3n) is 3.48. The molecule has 0 bridgehead atoms. The molecule has 110 valence electrons. The number of nitrogens with zero attached hydrogens (tertiary/aromatic N) is 2. The summed E-state index contributed by atoms with van der Waals surface area (Å²) in [6.07, 6.45) is 0. The van der Waals surface area contributed by atoms with Crippen LogP contribution < -0.4 is 0 Å². The van der Waals surface area contributed by atoms with Crippen LogP contribution in [-0.2, 0) is 0 Å². The molecule has 5 heteroatoms. The van der Waals surface area contributed by atoms with E-state index in [0.29, 0.717) is 16.0 Å². The molecule has 2 rings (SSSR count). The summed E-state index contributed by atoms with van der Waals surface area (Å²) in [4.78, 5) is 16.6. The molecule has 1 N–H and O–H groups in total. The fraction of sp³-hybridized carbons (Fsp3) is 0.533. The summed E-state index contributed by atoms with van der Waals surface area (Å²) < 4.78 is 0.607. The van der Waals surface area contributed by atoms with Crippen molar-refractivity contribution >= 4 is 21.8 Å². The zero-order chi connectivity index (χ0) is 14.7. The minimum absolute atomic E-state index is 0.00278. The smallest absolute Gasteiger partial charge is 0.254 e. The number of carbonyl (C=O) groups excluding carboxylic acids is 1. The number of carbonyl (C=O) groups is 1. The van der Waals surface area contributed by atoms with Gasteiger partial charge in [0.15, 0.2) is 0 Å². The number of piperazine rings is 1. The van der Waals surface area contributed by atoms with Crippen molar-refractivity contribution in [3.63, 3.8) is 0 Å². The second-order valence-electron chi connectivity index (χ2n) is 5.65. The maximum absolute atomic E-state index is 12.4. The molecule has 0 spiro atoms. The summed E-state index contributed by atoms with van der Waals surface area (Å²) in [6, 6.07) is 4.97. The second kappa shape index (κ2) is 6.59. The molecule has 1 aliphatic rings. The van der Waals surface area contributed by atoms with Crippen molar-refractivity contribution in [1.82, 2.24) is 9.80 Å². The molecule has 1 aromatic carbocycles. The highest BCUT2D eigenvalue weighted by atomic mass is 79.9. The Labute approximate surface area is 128 Å². The van der Waals surface area contributed by atoms with Gasteiger partial charge in [-0.25, -0.2) is 0 Å². The number of phenolic OH excluding ortho intramolecular Hbond substituents is 1. The first-order valence-electron chi connectivity index (χ1n) is 6.97. The monoisotopic (exact) mass is 340 g/mol. The van der Waals surface area contributed by atoms with Gasteiger partial charge in [-0.1, -0.05) is 13.8 Å². The Hall–Kier alpha value is -1.07. The van der Waals surface area contributed by atoms with E-state index in [9.17, 15) is 9.90 Å². The van der Waals surface area contributed by atoms with Crippen LogP contribution in [0.3, 0.4) is 0 Å². The number of hydrogen-bond donors (Lipinski definition) is 1. The molecule has 1 aliphatic heterocycles. The molecule has 0 atom stereocenters. The van der Waals surface area contributed by atoms with Crippen molar-refractivity contribution in [2.24, 2.45) is 5.92 Å². The van der Waals surface area contributed by atoms with Crippen LogP contribution in [0.1, 0.15) is 24.2 Å². The largest absolute Gasteiger partial charge is 0.507 e. The minimum Gasteiger partial charge on any atom is -0.507 e. The Morgan fingerprint density at radius 3 is 2.50 bits per heavy atom. The molecule has 0 aliphatic carbocycles. The van der Waals surface area contributed by atoms with Gasteiger partial charge in [0.25, 0.3) is 5.91 Å². The Kier molecular flexibility index (Phi) is 5.05. The fourth-order valence-electron chi connectivity index (χ4n) is 2.48. The highest BCUT2D eigenvalue weighted by molar-refractivity contribution is 9.10. The van der Waals surface area contributed by atoms with Crippen LogP contribution in [0.5, 0.6) is 5.75 Å². The quantitative estimate of drug-likeness (QED) is 0.919. The number of amides is 1. The molecule has 1 aromatic rings. The predicted octanol–water partition coefficient (Wildman–Crippen LogP) is 2.57. The topological polar surface area (TPSA) is 43.8 Å². The van der Waals surface area contributed by atoms with E-state index >= 15 is 0 Å². The van der Waals surface area contributed by atoms with E-state index in [4.69, 9.17) is 0 Å². The second-order valence-corrected chi connectivity index (χ2v) is 6.51. The van der Waals surface area contributed by atoms with Gasteiger partial charge in [0.2, 0.25) is 0 Å². The van der Waals surface area contributed by atoms with Gasteiger partial charge in [-0.2, -0.15) is 0 Å². The van der Waals surface area contributed by atoms with Gasteiger partial charge in [0, 0.05) is 38.3 Å². The van der Waals surface area contributed by atoms with Crippen LogP contribution >= 0.6 is 15.9 Å². The lowest BCUT2D eigenvalue weighted by Gasteiger charge is -2.35. The van der Waals surface area contributed by atoms with E-state index in [1.807, 2.05) is 4.90 Å². The van der Waals surface area contributed by atoms with Crippen LogP contribution in [0.2, 0.25) is 0 Å². The first-order chi connectivity index (χ1) is 9.47. The van der Waals surface area contributed by atoms with E-state index in [-0.39, 0.29) is 11.7 Å². The number of rotatable bonds is 3. The molecule has 0 aromatic heterocycles. The predicted molar refractivity (Wildman–Crippen MR) is 83.0 cm³/mol. The normalized spacial score (nSPS) is 16.7. The van der Waals surface area contributed by atoms with Crippen LogP contribution in [0, 0.1) is 5.92 Å². The van der Waals surface area contributed by atoms with Crippen molar-refractivity contribution in [2.75, 3.05) is 32.7 Å². The summed E-state index contributed by atoms with van der Waals surface area (Å²) in [5, 5.41) is 9.66. The number of phenols is 1. The summed E-state index contributed by atoms with van der Waals surface area (Å²) in [6.45, 7) is 8.86. The van der Waals surface area contributed by atoms with Crippen molar-refractivity contribution in [2.45, 2.75) is 13.8 Å². The third-order valence-corrected chi connectivity index (χ3v) is 4.15. The van der Waals surface area contributed by atoms with Gasteiger partial charge in [-0.3, -0.25) is 9.69 Å². The third kappa shape index (κ3) is 3.73.